The Kier molecular flexibility index (Phi) is 5.86. The average molecular weight is 516 g/mol. The molecule has 6 rings (SSSR count). The number of aryl methyl sites for hydroxylation is 2. The lowest BCUT2D eigenvalue weighted by Crippen LogP contribution is -2.49. The van der Waals surface area contributed by atoms with Gasteiger partial charge in [-0.1, -0.05) is 12.1 Å². The molecule has 2 aliphatic heterocycles. The highest BCUT2D eigenvalue weighted by molar-refractivity contribution is 5.83. The number of aromatic amines is 1. The van der Waals surface area contributed by atoms with Gasteiger partial charge < -0.3 is 19.4 Å². The molecule has 1 fully saturated rings. The molecule has 0 radical (unpaired) electrons. The number of pyridine rings is 1. The Balaban J connectivity index is 1.41. The van der Waals surface area contributed by atoms with E-state index in [9.17, 15) is 4.79 Å². The van der Waals surface area contributed by atoms with E-state index in [0.717, 1.165) is 31.6 Å². The zero-order valence-electron chi connectivity index (χ0n) is 22.5. The molecule has 1 saturated heterocycles. The van der Waals surface area contributed by atoms with Crippen LogP contribution in [-0.2, 0) is 5.54 Å². The maximum atomic E-state index is 13.6. The summed E-state index contributed by atoms with van der Waals surface area (Å²) in [6.45, 7) is 13.8. The number of nitrogens with one attached hydrogen (secondary N) is 1. The second-order valence-corrected chi connectivity index (χ2v) is 11.2. The Labute approximate surface area is 221 Å². The van der Waals surface area contributed by atoms with Gasteiger partial charge in [0, 0.05) is 48.9 Å². The van der Waals surface area contributed by atoms with Crippen molar-refractivity contribution in [2.24, 2.45) is 0 Å². The Bertz CT molecular complexity index is 1560. The van der Waals surface area contributed by atoms with Gasteiger partial charge in [-0.2, -0.15) is 0 Å². The number of H-pyrrole nitrogens is 1. The number of aromatic nitrogens is 5. The summed E-state index contributed by atoms with van der Waals surface area (Å²) in [5, 5.41) is 13.7. The number of benzene rings is 2. The largest absolute Gasteiger partial charge is 0.454 e. The molecular weight excluding hydrogens is 482 g/mol. The SMILES string of the molecule is Cc1ccc(C)c(N2CCN([C@H](c3cc4cc5c(cc4[nH]c3=O)OCO5)c3nnnn3C(C)(C)C)CC2)c1. The maximum absolute atomic E-state index is 13.6. The van der Waals surface area contributed by atoms with Crippen molar-refractivity contribution in [2.45, 2.75) is 46.2 Å². The van der Waals surface area contributed by atoms with E-state index < -0.39 is 6.04 Å². The van der Waals surface area contributed by atoms with E-state index in [1.807, 2.05) is 22.9 Å². The number of anilines is 1. The van der Waals surface area contributed by atoms with Crippen molar-refractivity contribution < 1.29 is 9.47 Å². The monoisotopic (exact) mass is 515 g/mol. The van der Waals surface area contributed by atoms with Crippen LogP contribution in [0.15, 0.2) is 41.2 Å². The van der Waals surface area contributed by atoms with Gasteiger partial charge in [0.05, 0.1) is 11.1 Å². The molecule has 10 heteroatoms. The lowest BCUT2D eigenvalue weighted by atomic mass is 10.0. The van der Waals surface area contributed by atoms with Crippen LogP contribution in [-0.4, -0.2) is 63.1 Å². The molecule has 198 valence electrons. The molecule has 2 aromatic heterocycles. The van der Waals surface area contributed by atoms with Crippen molar-refractivity contribution in [3.63, 3.8) is 0 Å². The fourth-order valence-corrected chi connectivity index (χ4v) is 5.44. The van der Waals surface area contributed by atoms with E-state index >= 15 is 0 Å². The van der Waals surface area contributed by atoms with Crippen LogP contribution in [0.5, 0.6) is 11.5 Å². The molecule has 0 aliphatic carbocycles. The van der Waals surface area contributed by atoms with Crippen molar-refractivity contribution in [3.8, 4) is 11.5 Å². The van der Waals surface area contributed by atoms with E-state index in [2.05, 4.69) is 83.1 Å². The van der Waals surface area contributed by atoms with Crippen LogP contribution >= 0.6 is 0 Å². The fraction of sp³-hybridized carbons (Fsp3) is 0.429. The lowest BCUT2D eigenvalue weighted by Gasteiger charge is -2.40. The molecule has 0 amide bonds. The molecule has 0 unspecified atom stereocenters. The maximum Gasteiger partial charge on any atom is 0.253 e. The molecule has 0 saturated carbocycles. The van der Waals surface area contributed by atoms with Crippen LogP contribution in [0.4, 0.5) is 5.69 Å². The van der Waals surface area contributed by atoms with Crippen LogP contribution in [0.25, 0.3) is 10.9 Å². The van der Waals surface area contributed by atoms with Crippen LogP contribution in [0.3, 0.4) is 0 Å². The number of fused-ring (bicyclic) bond motifs is 2. The number of piperazine rings is 1. The van der Waals surface area contributed by atoms with Gasteiger partial charge in [-0.15, -0.1) is 5.10 Å². The summed E-state index contributed by atoms with van der Waals surface area (Å²) in [5.74, 6) is 1.97. The number of rotatable bonds is 4. The van der Waals surface area contributed by atoms with E-state index in [0.29, 0.717) is 28.4 Å². The molecule has 10 nitrogen and oxygen atoms in total. The summed E-state index contributed by atoms with van der Waals surface area (Å²) in [7, 11) is 0. The Hall–Kier alpha value is -3.92. The predicted molar refractivity (Wildman–Crippen MR) is 145 cm³/mol. The van der Waals surface area contributed by atoms with Crippen LogP contribution in [0, 0.1) is 13.8 Å². The summed E-state index contributed by atoms with van der Waals surface area (Å²) >= 11 is 0. The first-order chi connectivity index (χ1) is 18.2. The van der Waals surface area contributed by atoms with E-state index in [1.54, 1.807) is 0 Å². The van der Waals surface area contributed by atoms with Crippen molar-refractivity contribution in [1.82, 2.24) is 30.1 Å². The molecule has 1 N–H and O–H groups in total. The van der Waals surface area contributed by atoms with Crippen molar-refractivity contribution in [2.75, 3.05) is 37.9 Å². The first-order valence-corrected chi connectivity index (χ1v) is 13.0. The molecule has 38 heavy (non-hydrogen) atoms. The molecule has 2 aliphatic rings. The molecule has 2 aromatic carbocycles. The highest BCUT2D eigenvalue weighted by Crippen LogP contribution is 2.37. The van der Waals surface area contributed by atoms with Gasteiger partial charge in [0.15, 0.2) is 17.3 Å². The third kappa shape index (κ3) is 4.28. The standard InChI is InChI=1S/C28H33N7O3/c1-17-6-7-18(2)22(12-17)33-8-10-34(11-9-33)25(26-30-31-32-35(26)28(3,4)5)20-13-19-14-23-24(38-16-37-23)15-21(19)29-27(20)36/h6-7,12-15,25H,8-11,16H2,1-5H3,(H,29,36)/t25-/m1/s1. The Morgan fingerprint density at radius 3 is 2.45 bits per heavy atom. The fourth-order valence-electron chi connectivity index (χ4n) is 5.44. The minimum absolute atomic E-state index is 0.165. The topological polar surface area (TPSA) is 101 Å². The number of ether oxygens (including phenoxy) is 2. The molecular formula is C28H33N7O3. The van der Waals surface area contributed by atoms with Crippen molar-refractivity contribution >= 4 is 16.6 Å². The summed E-state index contributed by atoms with van der Waals surface area (Å²) < 4.78 is 12.9. The normalized spacial score (nSPS) is 16.8. The van der Waals surface area contributed by atoms with Crippen LogP contribution in [0.2, 0.25) is 0 Å². The summed E-state index contributed by atoms with van der Waals surface area (Å²) in [5.41, 5.74) is 4.57. The molecule has 0 bridgehead atoms. The zero-order chi connectivity index (χ0) is 26.6. The molecule has 4 heterocycles. The molecule has 0 spiro atoms. The highest BCUT2D eigenvalue weighted by atomic mass is 16.7. The lowest BCUT2D eigenvalue weighted by molar-refractivity contribution is 0.174. The Morgan fingerprint density at radius 2 is 1.71 bits per heavy atom. The molecule has 1 atom stereocenters. The van der Waals surface area contributed by atoms with Gasteiger partial charge in [0.25, 0.3) is 5.56 Å². The summed E-state index contributed by atoms with van der Waals surface area (Å²) in [4.78, 5) is 21.4. The smallest absolute Gasteiger partial charge is 0.253 e. The minimum atomic E-state index is -0.413. The second-order valence-electron chi connectivity index (χ2n) is 11.2. The van der Waals surface area contributed by atoms with Gasteiger partial charge >= 0.3 is 0 Å². The second kappa shape index (κ2) is 9.13. The van der Waals surface area contributed by atoms with Gasteiger partial charge in [-0.25, -0.2) is 4.68 Å². The van der Waals surface area contributed by atoms with Crippen molar-refractivity contribution in [3.05, 3.63) is 69.3 Å². The number of nitrogens with zero attached hydrogens (tertiary/aromatic N) is 6. The van der Waals surface area contributed by atoms with Gasteiger partial charge in [-0.3, -0.25) is 9.69 Å². The summed E-state index contributed by atoms with van der Waals surface area (Å²) in [6, 6.07) is 11.8. The van der Waals surface area contributed by atoms with Crippen LogP contribution in [0.1, 0.15) is 49.3 Å². The predicted octanol–water partition coefficient (Wildman–Crippen LogP) is 3.53. The summed E-state index contributed by atoms with van der Waals surface area (Å²) in [6.07, 6.45) is 0. The van der Waals surface area contributed by atoms with E-state index in [-0.39, 0.29) is 17.9 Å². The minimum Gasteiger partial charge on any atom is -0.454 e. The Morgan fingerprint density at radius 1 is 0.974 bits per heavy atom. The van der Waals surface area contributed by atoms with Gasteiger partial charge in [0.1, 0.15) is 6.04 Å². The number of hydrogen-bond donors (Lipinski definition) is 1. The van der Waals surface area contributed by atoms with Crippen LogP contribution < -0.4 is 19.9 Å². The zero-order valence-corrected chi connectivity index (χ0v) is 22.5. The average Bonchev–Trinajstić information content (AvgIpc) is 3.55. The van der Waals surface area contributed by atoms with Gasteiger partial charge in [0.2, 0.25) is 6.79 Å². The third-order valence-corrected chi connectivity index (χ3v) is 7.42. The number of hydrogen-bond acceptors (Lipinski definition) is 8. The van der Waals surface area contributed by atoms with E-state index in [4.69, 9.17) is 9.47 Å². The first kappa shape index (κ1) is 24.4. The number of tetrazole rings is 1. The van der Waals surface area contributed by atoms with Crippen molar-refractivity contribution in [1.29, 1.82) is 0 Å². The third-order valence-electron chi connectivity index (χ3n) is 7.42. The highest BCUT2D eigenvalue weighted by Gasteiger charge is 2.35. The van der Waals surface area contributed by atoms with Gasteiger partial charge in [-0.05, 0) is 74.4 Å². The van der Waals surface area contributed by atoms with E-state index in [1.165, 1.54) is 16.8 Å². The quantitative estimate of drug-likeness (QED) is 0.441. The first-order valence-electron chi connectivity index (χ1n) is 13.0. The molecule has 4 aromatic rings.